The van der Waals surface area contributed by atoms with Crippen molar-refractivity contribution in [3.8, 4) is 11.5 Å². The molecule has 2 aliphatic rings. The molecule has 0 saturated heterocycles. The van der Waals surface area contributed by atoms with Crippen LogP contribution in [0.4, 0.5) is 11.4 Å². The van der Waals surface area contributed by atoms with Gasteiger partial charge in [-0.3, -0.25) is 14.9 Å². The molecule has 0 aliphatic carbocycles. The normalized spacial score (nSPS) is 18.3. The van der Waals surface area contributed by atoms with Crippen molar-refractivity contribution in [3.63, 3.8) is 0 Å². The van der Waals surface area contributed by atoms with Crippen molar-refractivity contribution >= 4 is 17.3 Å². The molecule has 0 bridgehead atoms. The lowest BCUT2D eigenvalue weighted by Gasteiger charge is -2.29. The fourth-order valence-corrected chi connectivity index (χ4v) is 3.33. The Kier molecular flexibility index (Phi) is 3.56. The van der Waals surface area contributed by atoms with Crippen molar-refractivity contribution in [1.82, 2.24) is 0 Å². The lowest BCUT2D eigenvalue weighted by Crippen LogP contribution is -2.25. The highest BCUT2D eigenvalue weighted by molar-refractivity contribution is 5.96. The Bertz CT molecular complexity index is 893. The van der Waals surface area contributed by atoms with Gasteiger partial charge in [0.15, 0.2) is 11.5 Å². The quantitative estimate of drug-likeness (QED) is 0.670. The van der Waals surface area contributed by atoms with Gasteiger partial charge in [0.2, 0.25) is 5.91 Å². The summed E-state index contributed by atoms with van der Waals surface area (Å²) in [4.78, 5) is 23.0. The van der Waals surface area contributed by atoms with E-state index < -0.39 is 4.92 Å². The number of benzene rings is 2. The molecule has 2 aromatic carbocycles. The minimum absolute atomic E-state index is 0.0579. The van der Waals surface area contributed by atoms with Gasteiger partial charge in [0.1, 0.15) is 13.2 Å². The van der Waals surface area contributed by atoms with Crippen LogP contribution in [0.3, 0.4) is 0 Å². The Balaban J connectivity index is 1.83. The number of ether oxygens (including phenoxy) is 2. The largest absolute Gasteiger partial charge is 0.486 e. The Morgan fingerprint density at radius 2 is 1.88 bits per heavy atom. The van der Waals surface area contributed by atoms with Crippen LogP contribution in [0, 0.1) is 17.0 Å². The van der Waals surface area contributed by atoms with Crippen LogP contribution in [0.15, 0.2) is 30.3 Å². The van der Waals surface area contributed by atoms with E-state index in [4.69, 9.17) is 9.47 Å². The van der Waals surface area contributed by atoms with Crippen molar-refractivity contribution in [1.29, 1.82) is 0 Å². The van der Waals surface area contributed by atoms with Gasteiger partial charge >= 0.3 is 0 Å². The second-order valence-corrected chi connectivity index (χ2v) is 6.19. The van der Waals surface area contributed by atoms with Crippen LogP contribution < -0.4 is 14.8 Å². The highest BCUT2D eigenvalue weighted by Crippen LogP contribution is 2.44. The monoisotopic (exact) mass is 340 g/mol. The van der Waals surface area contributed by atoms with Crippen LogP contribution in [0.5, 0.6) is 11.5 Å². The van der Waals surface area contributed by atoms with Crippen molar-refractivity contribution in [2.75, 3.05) is 18.5 Å². The summed E-state index contributed by atoms with van der Waals surface area (Å²) < 4.78 is 11.2. The molecule has 2 aliphatic heterocycles. The van der Waals surface area contributed by atoms with E-state index in [1.54, 1.807) is 25.1 Å². The molecule has 128 valence electrons. The van der Waals surface area contributed by atoms with Gasteiger partial charge in [0, 0.05) is 35.7 Å². The summed E-state index contributed by atoms with van der Waals surface area (Å²) in [5, 5.41) is 14.1. The van der Waals surface area contributed by atoms with Gasteiger partial charge in [-0.2, -0.15) is 0 Å². The molecule has 1 amide bonds. The number of nitro benzene ring substituents is 1. The summed E-state index contributed by atoms with van der Waals surface area (Å²) in [6.07, 6.45) is 0.229. The smallest absolute Gasteiger partial charge is 0.272 e. The maximum atomic E-state index is 12.1. The molecule has 7 nitrogen and oxygen atoms in total. The number of nitrogens with zero attached hydrogens (tertiary/aromatic N) is 1. The summed E-state index contributed by atoms with van der Waals surface area (Å²) in [6.45, 7) is 2.64. The summed E-state index contributed by atoms with van der Waals surface area (Å²) >= 11 is 0. The Hall–Kier alpha value is -3.09. The van der Waals surface area contributed by atoms with Gasteiger partial charge in [-0.05, 0) is 24.1 Å². The molecule has 2 heterocycles. The maximum Gasteiger partial charge on any atom is 0.272 e. The molecule has 1 atom stereocenters. The van der Waals surface area contributed by atoms with Crippen molar-refractivity contribution in [2.24, 2.45) is 0 Å². The average Bonchev–Trinajstić information content (AvgIpc) is 2.59. The van der Waals surface area contributed by atoms with E-state index in [0.29, 0.717) is 36.0 Å². The van der Waals surface area contributed by atoms with Crippen molar-refractivity contribution in [3.05, 3.63) is 57.1 Å². The SMILES string of the molecule is Cc1ccc([C@@H]2CC(=O)Nc3cc4c(cc32)OCCO4)cc1[N+](=O)[O-]. The van der Waals surface area contributed by atoms with E-state index in [-0.39, 0.29) is 23.9 Å². The Labute approximate surface area is 143 Å². The topological polar surface area (TPSA) is 90.7 Å². The van der Waals surface area contributed by atoms with Crippen LogP contribution in [0.25, 0.3) is 0 Å². The first kappa shape index (κ1) is 15.4. The molecule has 4 rings (SSSR count). The highest BCUT2D eigenvalue weighted by Gasteiger charge is 2.30. The van der Waals surface area contributed by atoms with Crippen LogP contribution in [-0.4, -0.2) is 24.0 Å². The van der Waals surface area contributed by atoms with Gasteiger partial charge in [0.25, 0.3) is 5.69 Å². The standard InChI is InChI=1S/C18H16N2O5/c1-10-2-3-11(6-15(10)20(22)23)12-8-18(21)19-14-9-17-16(7-13(12)14)24-4-5-25-17/h2-3,6-7,9,12H,4-5,8H2,1H3,(H,19,21)/t12-/m0/s1. The van der Waals surface area contributed by atoms with Crippen LogP contribution in [0.2, 0.25) is 0 Å². The molecule has 7 heteroatoms. The molecule has 1 N–H and O–H groups in total. The lowest BCUT2D eigenvalue weighted by atomic mass is 9.84. The molecule has 0 saturated carbocycles. The number of carbonyl (C=O) groups is 1. The fourth-order valence-electron chi connectivity index (χ4n) is 3.33. The maximum absolute atomic E-state index is 12.1. The van der Waals surface area contributed by atoms with Gasteiger partial charge in [-0.1, -0.05) is 12.1 Å². The fraction of sp³-hybridized carbons (Fsp3) is 0.278. The third-order valence-corrected chi connectivity index (χ3v) is 4.59. The number of carbonyl (C=O) groups excluding carboxylic acids is 1. The molecule has 2 aromatic rings. The second-order valence-electron chi connectivity index (χ2n) is 6.19. The van der Waals surface area contributed by atoms with E-state index in [9.17, 15) is 14.9 Å². The van der Waals surface area contributed by atoms with Gasteiger partial charge in [-0.15, -0.1) is 0 Å². The molecule has 0 aromatic heterocycles. The first-order valence-electron chi connectivity index (χ1n) is 8.01. The number of anilines is 1. The molecule has 0 radical (unpaired) electrons. The van der Waals surface area contributed by atoms with Crippen LogP contribution in [-0.2, 0) is 4.79 Å². The predicted octanol–water partition coefficient (Wildman–Crippen LogP) is 3.15. The van der Waals surface area contributed by atoms with E-state index in [0.717, 1.165) is 11.1 Å². The number of rotatable bonds is 2. The number of hydrogen-bond acceptors (Lipinski definition) is 5. The number of nitrogens with one attached hydrogen (secondary N) is 1. The second kappa shape index (κ2) is 5.77. The molecular weight excluding hydrogens is 324 g/mol. The van der Waals surface area contributed by atoms with E-state index in [1.807, 2.05) is 12.1 Å². The average molecular weight is 340 g/mol. The molecule has 0 unspecified atom stereocenters. The zero-order valence-corrected chi connectivity index (χ0v) is 13.6. The first-order chi connectivity index (χ1) is 12.0. The molecule has 0 spiro atoms. The number of aryl methyl sites for hydroxylation is 1. The zero-order valence-electron chi connectivity index (χ0n) is 13.6. The number of fused-ring (bicyclic) bond motifs is 2. The Morgan fingerprint density at radius 3 is 2.60 bits per heavy atom. The molecule has 0 fully saturated rings. The van der Waals surface area contributed by atoms with Gasteiger partial charge in [-0.25, -0.2) is 0 Å². The molecular formula is C18H16N2O5. The summed E-state index contributed by atoms with van der Waals surface area (Å²) in [7, 11) is 0. The summed E-state index contributed by atoms with van der Waals surface area (Å²) in [5.74, 6) is 0.838. The first-order valence-corrected chi connectivity index (χ1v) is 8.01. The summed E-state index contributed by atoms with van der Waals surface area (Å²) in [6, 6.07) is 8.74. The minimum Gasteiger partial charge on any atom is -0.486 e. The number of hydrogen-bond donors (Lipinski definition) is 1. The van der Waals surface area contributed by atoms with Crippen molar-refractivity contribution < 1.29 is 19.2 Å². The van der Waals surface area contributed by atoms with E-state index in [2.05, 4.69) is 5.32 Å². The van der Waals surface area contributed by atoms with Crippen LogP contribution in [0.1, 0.15) is 29.0 Å². The third-order valence-electron chi connectivity index (χ3n) is 4.59. The predicted molar refractivity (Wildman–Crippen MR) is 90.4 cm³/mol. The van der Waals surface area contributed by atoms with E-state index in [1.165, 1.54) is 0 Å². The minimum atomic E-state index is -0.396. The van der Waals surface area contributed by atoms with Gasteiger partial charge in [0.05, 0.1) is 4.92 Å². The zero-order chi connectivity index (χ0) is 17.6. The Morgan fingerprint density at radius 1 is 1.16 bits per heavy atom. The van der Waals surface area contributed by atoms with Gasteiger partial charge < -0.3 is 14.8 Å². The number of nitro groups is 1. The number of amides is 1. The van der Waals surface area contributed by atoms with E-state index >= 15 is 0 Å². The highest BCUT2D eigenvalue weighted by atomic mass is 16.6. The lowest BCUT2D eigenvalue weighted by molar-refractivity contribution is -0.385. The summed E-state index contributed by atoms with van der Waals surface area (Å²) in [5.41, 5.74) is 2.93. The molecule has 25 heavy (non-hydrogen) atoms. The third kappa shape index (κ3) is 2.67. The van der Waals surface area contributed by atoms with Crippen LogP contribution >= 0.6 is 0 Å². The van der Waals surface area contributed by atoms with Crippen molar-refractivity contribution in [2.45, 2.75) is 19.3 Å².